The Hall–Kier alpha value is -4.07. The number of carbonyl (C=O) groups excluding carboxylic acids is 2. The van der Waals surface area contributed by atoms with E-state index in [9.17, 15) is 23.5 Å². The molecule has 6 nitrogen and oxygen atoms in total. The molecule has 1 atom stereocenters. The second-order valence-electron chi connectivity index (χ2n) is 7.71. The Kier molecular flexibility index (Phi) is 5.68. The summed E-state index contributed by atoms with van der Waals surface area (Å²) in [5, 5.41) is 11.3. The molecule has 0 saturated carbocycles. The van der Waals surface area contributed by atoms with Crippen LogP contribution in [0.3, 0.4) is 0 Å². The fourth-order valence-corrected chi connectivity index (χ4v) is 4.17. The number of nitrogens with zero attached hydrogens (tertiary/aromatic N) is 2. The van der Waals surface area contributed by atoms with Crippen molar-refractivity contribution in [2.75, 3.05) is 12.0 Å². The van der Waals surface area contributed by atoms with Crippen molar-refractivity contribution in [1.29, 1.82) is 0 Å². The number of methoxy groups -OCH3 is 1. The van der Waals surface area contributed by atoms with Crippen molar-refractivity contribution in [2.45, 2.75) is 19.9 Å². The Balaban J connectivity index is 2.02. The Labute approximate surface area is 188 Å². The van der Waals surface area contributed by atoms with Crippen molar-refractivity contribution in [3.8, 4) is 5.75 Å². The first-order valence-corrected chi connectivity index (χ1v) is 10.1. The minimum Gasteiger partial charge on any atom is -0.507 e. The highest BCUT2D eigenvalue weighted by atomic mass is 19.1. The van der Waals surface area contributed by atoms with Crippen LogP contribution in [0.15, 0.2) is 60.4 Å². The number of hydrogen-bond acceptors (Lipinski definition) is 5. The van der Waals surface area contributed by atoms with E-state index in [1.807, 2.05) is 13.0 Å². The summed E-state index contributed by atoms with van der Waals surface area (Å²) in [5.74, 6) is -4.01. The fourth-order valence-electron chi connectivity index (χ4n) is 4.17. The predicted octanol–water partition coefficient (Wildman–Crippen LogP) is 4.61. The molecule has 0 spiro atoms. The van der Waals surface area contributed by atoms with E-state index in [-0.39, 0.29) is 16.8 Å². The van der Waals surface area contributed by atoms with Gasteiger partial charge in [0.05, 0.1) is 30.0 Å². The third-order valence-corrected chi connectivity index (χ3v) is 5.51. The Morgan fingerprint density at radius 1 is 1.06 bits per heavy atom. The number of carbonyl (C=O) groups is 2. The van der Waals surface area contributed by atoms with Gasteiger partial charge in [-0.15, -0.1) is 0 Å². The monoisotopic (exact) mass is 450 g/mol. The standard InChI is InChI=1S/C25H20F2N2O4/c1-13-10-14(2)24(33-3)17(11-13)22(30)20-21(15-6-8-28-9-7-15)29(25(32)23(20)31)19-5-4-16(26)12-18(19)27/h4-12,21,30H,1-3H3/b22-20+. The van der Waals surface area contributed by atoms with Crippen molar-refractivity contribution >= 4 is 23.1 Å². The van der Waals surface area contributed by atoms with Crippen molar-refractivity contribution < 1.29 is 28.2 Å². The van der Waals surface area contributed by atoms with Crippen LogP contribution in [-0.4, -0.2) is 28.9 Å². The number of benzene rings is 2. The molecule has 0 aliphatic carbocycles. The number of aryl methyl sites for hydroxylation is 2. The summed E-state index contributed by atoms with van der Waals surface area (Å²) in [6.45, 7) is 3.60. The average molecular weight is 450 g/mol. The summed E-state index contributed by atoms with van der Waals surface area (Å²) in [4.78, 5) is 31.1. The molecule has 1 aromatic heterocycles. The summed E-state index contributed by atoms with van der Waals surface area (Å²) in [5.41, 5.74) is 1.64. The van der Waals surface area contributed by atoms with Crippen LogP contribution >= 0.6 is 0 Å². The number of aliphatic hydroxyl groups is 1. The van der Waals surface area contributed by atoms with E-state index in [0.717, 1.165) is 28.2 Å². The largest absolute Gasteiger partial charge is 0.507 e. The lowest BCUT2D eigenvalue weighted by molar-refractivity contribution is -0.132. The van der Waals surface area contributed by atoms with Gasteiger partial charge in [0.15, 0.2) is 0 Å². The molecule has 1 unspecified atom stereocenters. The number of halogens is 2. The molecule has 1 aliphatic heterocycles. The molecule has 1 saturated heterocycles. The number of ether oxygens (including phenoxy) is 1. The van der Waals surface area contributed by atoms with Gasteiger partial charge in [-0.05, 0) is 60.9 Å². The molecule has 2 heterocycles. The first-order chi connectivity index (χ1) is 15.7. The first kappa shape index (κ1) is 22.1. The zero-order valence-corrected chi connectivity index (χ0v) is 18.1. The van der Waals surface area contributed by atoms with Crippen molar-refractivity contribution in [3.05, 3.63) is 94.3 Å². The smallest absolute Gasteiger partial charge is 0.300 e. The molecule has 1 N–H and O–H groups in total. The number of ketones is 1. The number of hydrogen-bond donors (Lipinski definition) is 1. The molecule has 3 aromatic rings. The van der Waals surface area contributed by atoms with Crippen LogP contribution < -0.4 is 9.64 Å². The van der Waals surface area contributed by atoms with Crippen LogP contribution in [0.1, 0.15) is 28.3 Å². The Bertz CT molecular complexity index is 1310. The molecule has 4 rings (SSSR count). The van der Waals surface area contributed by atoms with Crippen molar-refractivity contribution in [1.82, 2.24) is 4.98 Å². The lowest BCUT2D eigenvalue weighted by Crippen LogP contribution is -2.30. The maximum atomic E-state index is 14.7. The van der Waals surface area contributed by atoms with Gasteiger partial charge in [0.1, 0.15) is 23.1 Å². The number of pyridine rings is 1. The quantitative estimate of drug-likeness (QED) is 0.357. The number of Topliss-reactive ketones (excluding diaryl/α,β-unsaturated/α-hetero) is 1. The van der Waals surface area contributed by atoms with E-state index in [4.69, 9.17) is 4.74 Å². The van der Waals surface area contributed by atoms with Crippen molar-refractivity contribution in [3.63, 3.8) is 0 Å². The first-order valence-electron chi connectivity index (χ1n) is 10.1. The van der Waals surface area contributed by atoms with Gasteiger partial charge in [-0.1, -0.05) is 6.07 Å². The Morgan fingerprint density at radius 3 is 2.39 bits per heavy atom. The van der Waals surface area contributed by atoms with E-state index in [1.54, 1.807) is 25.1 Å². The second-order valence-corrected chi connectivity index (χ2v) is 7.71. The lowest BCUT2D eigenvalue weighted by Gasteiger charge is -2.26. The summed E-state index contributed by atoms with van der Waals surface area (Å²) in [6.07, 6.45) is 2.90. The van der Waals surface area contributed by atoms with Crippen LogP contribution in [0.5, 0.6) is 5.75 Å². The highest BCUT2D eigenvalue weighted by Crippen LogP contribution is 2.44. The zero-order chi connectivity index (χ0) is 23.9. The van der Waals surface area contributed by atoms with Crippen LogP contribution in [-0.2, 0) is 9.59 Å². The van der Waals surface area contributed by atoms with Gasteiger partial charge >= 0.3 is 0 Å². The molecule has 1 fully saturated rings. The van der Waals surface area contributed by atoms with Crippen LogP contribution in [0, 0.1) is 25.5 Å². The van der Waals surface area contributed by atoms with Gasteiger partial charge in [0.25, 0.3) is 11.7 Å². The molecule has 1 aliphatic rings. The number of amides is 1. The minimum absolute atomic E-state index is 0.228. The number of anilines is 1. The topological polar surface area (TPSA) is 79.7 Å². The highest BCUT2D eigenvalue weighted by Gasteiger charge is 2.48. The van der Waals surface area contributed by atoms with E-state index in [2.05, 4.69) is 4.98 Å². The van der Waals surface area contributed by atoms with Gasteiger partial charge in [0, 0.05) is 18.5 Å². The highest BCUT2D eigenvalue weighted by molar-refractivity contribution is 6.51. The lowest BCUT2D eigenvalue weighted by atomic mass is 9.94. The molecule has 8 heteroatoms. The second kappa shape index (κ2) is 8.46. The fraction of sp³-hybridized carbons (Fsp3) is 0.160. The number of aliphatic hydroxyl groups excluding tert-OH is 1. The third-order valence-electron chi connectivity index (χ3n) is 5.51. The molecule has 1 amide bonds. The number of aromatic nitrogens is 1. The molecule has 0 radical (unpaired) electrons. The third kappa shape index (κ3) is 3.73. The van der Waals surface area contributed by atoms with Crippen molar-refractivity contribution in [2.24, 2.45) is 0 Å². The summed E-state index contributed by atoms with van der Waals surface area (Å²) < 4.78 is 33.7. The van der Waals surface area contributed by atoms with Crippen LogP contribution in [0.2, 0.25) is 0 Å². The van der Waals surface area contributed by atoms with Gasteiger partial charge in [-0.3, -0.25) is 19.5 Å². The molecular formula is C25H20F2N2O4. The SMILES string of the molecule is COc1c(C)cc(C)cc1/C(O)=C1\C(=O)C(=O)N(c2ccc(F)cc2F)C1c1ccncc1. The van der Waals surface area contributed by atoms with Gasteiger partial charge in [-0.25, -0.2) is 8.78 Å². The molecule has 0 bridgehead atoms. The summed E-state index contributed by atoms with van der Waals surface area (Å²) in [7, 11) is 1.43. The van der Waals surface area contributed by atoms with E-state index in [0.29, 0.717) is 17.4 Å². The maximum Gasteiger partial charge on any atom is 0.300 e. The molecular weight excluding hydrogens is 430 g/mol. The van der Waals surface area contributed by atoms with Gasteiger partial charge < -0.3 is 9.84 Å². The molecule has 168 valence electrons. The molecule has 33 heavy (non-hydrogen) atoms. The van der Waals surface area contributed by atoms with E-state index >= 15 is 0 Å². The minimum atomic E-state index is -1.17. The van der Waals surface area contributed by atoms with Crippen LogP contribution in [0.25, 0.3) is 5.76 Å². The normalized spacial score (nSPS) is 17.5. The van der Waals surface area contributed by atoms with E-state index in [1.165, 1.54) is 19.5 Å². The maximum absolute atomic E-state index is 14.7. The summed E-state index contributed by atoms with van der Waals surface area (Å²) >= 11 is 0. The van der Waals surface area contributed by atoms with Crippen LogP contribution in [0.4, 0.5) is 14.5 Å². The van der Waals surface area contributed by atoms with Gasteiger partial charge in [0.2, 0.25) is 0 Å². The predicted molar refractivity (Wildman–Crippen MR) is 118 cm³/mol. The Morgan fingerprint density at radius 2 is 1.76 bits per heavy atom. The zero-order valence-electron chi connectivity index (χ0n) is 18.1. The van der Waals surface area contributed by atoms with E-state index < -0.39 is 35.1 Å². The number of rotatable bonds is 4. The summed E-state index contributed by atoms with van der Waals surface area (Å²) in [6, 6.07) is 8.13. The van der Waals surface area contributed by atoms with Gasteiger partial charge in [-0.2, -0.15) is 0 Å². The average Bonchev–Trinajstić information content (AvgIpc) is 3.04. The molecule has 2 aromatic carbocycles.